The lowest BCUT2D eigenvalue weighted by Gasteiger charge is -2.11. The zero-order chi connectivity index (χ0) is 16.7. The van der Waals surface area contributed by atoms with Crippen molar-refractivity contribution in [3.05, 3.63) is 54.1 Å². The van der Waals surface area contributed by atoms with Crippen molar-refractivity contribution in [1.82, 2.24) is 0 Å². The third-order valence-electron chi connectivity index (χ3n) is 3.23. The molecule has 0 spiro atoms. The largest absolute Gasteiger partial charge is 0.325 e. The van der Waals surface area contributed by atoms with Crippen molar-refractivity contribution in [3.8, 4) is 0 Å². The van der Waals surface area contributed by atoms with Gasteiger partial charge in [-0.3, -0.25) is 9.59 Å². The number of hydrogen-bond donors (Lipinski definition) is 2. The first-order valence-electron chi connectivity index (χ1n) is 7.47. The van der Waals surface area contributed by atoms with Gasteiger partial charge >= 0.3 is 0 Å². The maximum atomic E-state index is 12.2. The summed E-state index contributed by atoms with van der Waals surface area (Å²) in [5.41, 5.74) is 2.70. The van der Waals surface area contributed by atoms with Crippen LogP contribution in [0.2, 0.25) is 0 Å². The second kappa shape index (κ2) is 8.39. The molecule has 2 aromatic carbocycles. The molecule has 0 radical (unpaired) electrons. The van der Waals surface area contributed by atoms with E-state index in [1.165, 1.54) is 18.7 Å². The Hall–Kier alpha value is -2.27. The van der Waals surface area contributed by atoms with Crippen molar-refractivity contribution in [2.24, 2.45) is 0 Å². The molecule has 2 rings (SSSR count). The summed E-state index contributed by atoms with van der Waals surface area (Å²) in [4.78, 5) is 24.3. The molecule has 0 unspecified atom stereocenters. The highest BCUT2D eigenvalue weighted by Crippen LogP contribution is 2.27. The van der Waals surface area contributed by atoms with Gasteiger partial charge in [-0.25, -0.2) is 0 Å². The Morgan fingerprint density at radius 3 is 2.30 bits per heavy atom. The third-order valence-corrected chi connectivity index (χ3v) is 4.30. The van der Waals surface area contributed by atoms with Crippen molar-refractivity contribution in [2.45, 2.75) is 25.2 Å². The van der Waals surface area contributed by atoms with Gasteiger partial charge in [-0.15, -0.1) is 11.8 Å². The third kappa shape index (κ3) is 5.14. The van der Waals surface area contributed by atoms with E-state index in [4.69, 9.17) is 0 Å². The van der Waals surface area contributed by atoms with Crippen LogP contribution >= 0.6 is 11.8 Å². The lowest BCUT2D eigenvalue weighted by Crippen LogP contribution is -2.15. The first kappa shape index (κ1) is 17.1. The number of amides is 2. The minimum absolute atomic E-state index is 0.0615. The molecule has 5 heteroatoms. The minimum atomic E-state index is -0.126. The molecule has 0 saturated heterocycles. The summed E-state index contributed by atoms with van der Waals surface area (Å²) >= 11 is 1.40. The SMILES string of the molecule is CCc1ccccc1NC(=O)CSc1ccccc1NC(C)=O. The maximum Gasteiger partial charge on any atom is 0.234 e. The summed E-state index contributed by atoms with van der Waals surface area (Å²) in [6.45, 7) is 3.53. The number of thioether (sulfide) groups is 1. The van der Waals surface area contributed by atoms with Gasteiger partial charge in [0.25, 0.3) is 0 Å². The second-order valence-corrected chi connectivity index (χ2v) is 6.04. The van der Waals surface area contributed by atoms with E-state index in [1.54, 1.807) is 0 Å². The average molecular weight is 328 g/mol. The smallest absolute Gasteiger partial charge is 0.234 e. The summed E-state index contributed by atoms with van der Waals surface area (Å²) < 4.78 is 0. The molecule has 0 heterocycles. The standard InChI is InChI=1S/C18H20N2O2S/c1-3-14-8-4-5-9-15(14)20-18(22)12-23-17-11-7-6-10-16(17)19-13(2)21/h4-11H,3,12H2,1-2H3,(H,19,21)(H,20,22). The van der Waals surface area contributed by atoms with Gasteiger partial charge in [0.15, 0.2) is 0 Å². The topological polar surface area (TPSA) is 58.2 Å². The van der Waals surface area contributed by atoms with Crippen molar-refractivity contribution < 1.29 is 9.59 Å². The molecule has 0 aromatic heterocycles. The highest BCUT2D eigenvalue weighted by molar-refractivity contribution is 8.00. The highest BCUT2D eigenvalue weighted by atomic mass is 32.2. The van der Waals surface area contributed by atoms with Crippen LogP contribution in [0.4, 0.5) is 11.4 Å². The number of nitrogens with one attached hydrogen (secondary N) is 2. The van der Waals surface area contributed by atoms with E-state index in [-0.39, 0.29) is 17.6 Å². The van der Waals surface area contributed by atoms with E-state index in [1.807, 2.05) is 48.5 Å². The Morgan fingerprint density at radius 2 is 1.61 bits per heavy atom. The molecular weight excluding hydrogens is 308 g/mol. The Bertz CT molecular complexity index is 701. The Labute approximate surface area is 140 Å². The van der Waals surface area contributed by atoms with E-state index in [9.17, 15) is 9.59 Å². The predicted molar refractivity (Wildman–Crippen MR) is 95.9 cm³/mol. The van der Waals surface area contributed by atoms with Crippen molar-refractivity contribution >= 4 is 35.0 Å². The lowest BCUT2D eigenvalue weighted by molar-refractivity contribution is -0.114. The maximum absolute atomic E-state index is 12.2. The molecule has 2 N–H and O–H groups in total. The van der Waals surface area contributed by atoms with Crippen LogP contribution in [0.5, 0.6) is 0 Å². The zero-order valence-corrected chi connectivity index (χ0v) is 14.1. The number of carbonyl (C=O) groups excluding carboxylic acids is 2. The number of hydrogen-bond acceptors (Lipinski definition) is 3. The molecule has 0 aliphatic rings. The lowest BCUT2D eigenvalue weighted by atomic mass is 10.1. The van der Waals surface area contributed by atoms with Gasteiger partial charge in [0.1, 0.15) is 0 Å². The van der Waals surface area contributed by atoms with Crippen LogP contribution in [-0.2, 0) is 16.0 Å². The molecule has 0 aliphatic heterocycles. The van der Waals surface area contributed by atoms with Crippen LogP contribution in [0.25, 0.3) is 0 Å². The molecule has 120 valence electrons. The van der Waals surface area contributed by atoms with Gasteiger partial charge in [-0.2, -0.15) is 0 Å². The average Bonchev–Trinajstić information content (AvgIpc) is 2.54. The predicted octanol–water partition coefficient (Wildman–Crippen LogP) is 3.94. The normalized spacial score (nSPS) is 10.2. The van der Waals surface area contributed by atoms with Gasteiger partial charge in [-0.1, -0.05) is 37.3 Å². The van der Waals surface area contributed by atoms with Gasteiger partial charge in [-0.05, 0) is 30.2 Å². The van der Waals surface area contributed by atoms with Crippen molar-refractivity contribution in [1.29, 1.82) is 0 Å². The van der Waals surface area contributed by atoms with Crippen LogP contribution in [-0.4, -0.2) is 17.6 Å². The summed E-state index contributed by atoms with van der Waals surface area (Å²) in [6, 6.07) is 15.3. The number of anilines is 2. The van der Waals surface area contributed by atoms with E-state index in [2.05, 4.69) is 17.6 Å². The van der Waals surface area contributed by atoms with Gasteiger partial charge in [0.05, 0.1) is 11.4 Å². The van der Waals surface area contributed by atoms with E-state index in [0.29, 0.717) is 0 Å². The molecule has 0 fully saturated rings. The molecule has 0 atom stereocenters. The highest BCUT2D eigenvalue weighted by Gasteiger charge is 2.09. The fourth-order valence-electron chi connectivity index (χ4n) is 2.17. The van der Waals surface area contributed by atoms with Crippen LogP contribution in [0, 0.1) is 0 Å². The van der Waals surface area contributed by atoms with E-state index >= 15 is 0 Å². The summed E-state index contributed by atoms with van der Waals surface area (Å²) in [5, 5.41) is 5.72. The van der Waals surface area contributed by atoms with Crippen LogP contribution in [0.3, 0.4) is 0 Å². The molecule has 2 amide bonds. The fourth-order valence-corrected chi connectivity index (χ4v) is 2.97. The van der Waals surface area contributed by atoms with Crippen LogP contribution in [0.1, 0.15) is 19.4 Å². The van der Waals surface area contributed by atoms with Gasteiger partial charge < -0.3 is 10.6 Å². The molecule has 0 saturated carbocycles. The number of benzene rings is 2. The monoisotopic (exact) mass is 328 g/mol. The Morgan fingerprint density at radius 1 is 0.957 bits per heavy atom. The molecule has 4 nitrogen and oxygen atoms in total. The minimum Gasteiger partial charge on any atom is -0.325 e. The zero-order valence-electron chi connectivity index (χ0n) is 13.3. The molecule has 2 aromatic rings. The van der Waals surface area contributed by atoms with E-state index < -0.39 is 0 Å². The van der Waals surface area contributed by atoms with E-state index in [0.717, 1.165) is 28.3 Å². The molecule has 23 heavy (non-hydrogen) atoms. The number of para-hydroxylation sites is 2. The molecule has 0 bridgehead atoms. The Balaban J connectivity index is 1.98. The number of aryl methyl sites for hydroxylation is 1. The molecular formula is C18H20N2O2S. The van der Waals surface area contributed by atoms with Crippen LogP contribution < -0.4 is 10.6 Å². The number of rotatable bonds is 6. The first-order chi connectivity index (χ1) is 11.1. The fraction of sp³-hybridized carbons (Fsp3) is 0.222. The summed E-state index contributed by atoms with van der Waals surface area (Å²) in [5.74, 6) is 0.0992. The van der Waals surface area contributed by atoms with Crippen molar-refractivity contribution in [3.63, 3.8) is 0 Å². The first-order valence-corrected chi connectivity index (χ1v) is 8.46. The summed E-state index contributed by atoms with van der Waals surface area (Å²) in [7, 11) is 0. The Kier molecular flexibility index (Phi) is 6.23. The van der Waals surface area contributed by atoms with Crippen LogP contribution in [0.15, 0.2) is 53.4 Å². The quantitative estimate of drug-likeness (QED) is 0.790. The van der Waals surface area contributed by atoms with Gasteiger partial charge in [0.2, 0.25) is 11.8 Å². The summed E-state index contributed by atoms with van der Waals surface area (Å²) in [6.07, 6.45) is 0.870. The number of carbonyl (C=O) groups is 2. The second-order valence-electron chi connectivity index (χ2n) is 5.02. The van der Waals surface area contributed by atoms with Gasteiger partial charge in [0, 0.05) is 17.5 Å². The molecule has 0 aliphatic carbocycles. The van der Waals surface area contributed by atoms with Crippen molar-refractivity contribution in [2.75, 3.05) is 16.4 Å².